The second-order valence-corrected chi connectivity index (χ2v) is 6.69. The van der Waals surface area contributed by atoms with Crippen LogP contribution >= 0.6 is 15.9 Å². The highest BCUT2D eigenvalue weighted by atomic mass is 79.9. The fourth-order valence-electron chi connectivity index (χ4n) is 2.19. The van der Waals surface area contributed by atoms with E-state index in [0.717, 1.165) is 5.56 Å². The predicted molar refractivity (Wildman–Crippen MR) is 98.9 cm³/mol. The standard InChI is InChI=1S/C18H23BrN2O4/c1-12(19)11-15(18(24)25-3)21-17(23)10-9-16(22)20-13(2)14-7-5-4-6-8-14/h4-8,13,15H,1,9-11H2,2-3H3,(H,20,22)(H,21,23)/t13-,15-/m1/s1. The van der Waals surface area contributed by atoms with E-state index in [4.69, 9.17) is 0 Å². The second kappa shape index (κ2) is 10.7. The molecule has 0 unspecified atom stereocenters. The summed E-state index contributed by atoms with van der Waals surface area (Å²) < 4.78 is 5.21. The third kappa shape index (κ3) is 7.98. The van der Waals surface area contributed by atoms with E-state index < -0.39 is 17.9 Å². The van der Waals surface area contributed by atoms with Gasteiger partial charge in [-0.15, -0.1) is 0 Å². The van der Waals surface area contributed by atoms with Crippen LogP contribution in [0.4, 0.5) is 0 Å². The highest BCUT2D eigenvalue weighted by Gasteiger charge is 2.22. The van der Waals surface area contributed by atoms with Gasteiger partial charge in [-0.3, -0.25) is 9.59 Å². The number of methoxy groups -OCH3 is 1. The van der Waals surface area contributed by atoms with E-state index >= 15 is 0 Å². The number of amides is 2. The van der Waals surface area contributed by atoms with Crippen molar-refractivity contribution in [2.45, 2.75) is 38.3 Å². The molecule has 2 N–H and O–H groups in total. The Kier molecular flexibility index (Phi) is 8.91. The number of nitrogens with one attached hydrogen (secondary N) is 2. The van der Waals surface area contributed by atoms with Crippen molar-refractivity contribution in [2.75, 3.05) is 7.11 Å². The molecule has 0 saturated heterocycles. The molecule has 0 aliphatic rings. The molecule has 2 atom stereocenters. The first-order chi connectivity index (χ1) is 11.8. The number of halogens is 1. The maximum absolute atomic E-state index is 12.0. The summed E-state index contributed by atoms with van der Waals surface area (Å²) in [5, 5.41) is 5.39. The van der Waals surface area contributed by atoms with Crippen molar-refractivity contribution in [3.05, 3.63) is 47.0 Å². The van der Waals surface area contributed by atoms with E-state index in [1.165, 1.54) is 7.11 Å². The summed E-state index contributed by atoms with van der Waals surface area (Å²) in [7, 11) is 1.25. The van der Waals surface area contributed by atoms with Gasteiger partial charge in [0.05, 0.1) is 13.2 Å². The average molecular weight is 411 g/mol. The summed E-state index contributed by atoms with van der Waals surface area (Å²) in [5.41, 5.74) is 0.988. The normalized spacial score (nSPS) is 12.6. The molecule has 1 aromatic rings. The number of carbonyl (C=O) groups is 3. The zero-order valence-electron chi connectivity index (χ0n) is 14.4. The molecular weight excluding hydrogens is 388 g/mol. The number of hydrogen-bond acceptors (Lipinski definition) is 4. The lowest BCUT2D eigenvalue weighted by Gasteiger charge is -2.17. The van der Waals surface area contributed by atoms with Gasteiger partial charge in [-0.25, -0.2) is 4.79 Å². The van der Waals surface area contributed by atoms with Gasteiger partial charge in [-0.1, -0.05) is 52.8 Å². The number of benzene rings is 1. The lowest BCUT2D eigenvalue weighted by Crippen LogP contribution is -2.41. The fraction of sp³-hybridized carbons (Fsp3) is 0.389. The van der Waals surface area contributed by atoms with Crippen LogP contribution in [0.2, 0.25) is 0 Å². The van der Waals surface area contributed by atoms with Gasteiger partial charge in [0.1, 0.15) is 6.04 Å². The van der Waals surface area contributed by atoms with E-state index in [9.17, 15) is 14.4 Å². The minimum absolute atomic E-state index is 0.0183. The Labute approximate surface area is 156 Å². The monoisotopic (exact) mass is 410 g/mol. The van der Waals surface area contributed by atoms with Crippen molar-refractivity contribution in [1.82, 2.24) is 10.6 Å². The number of rotatable bonds is 9. The van der Waals surface area contributed by atoms with Gasteiger partial charge >= 0.3 is 5.97 Å². The first kappa shape index (κ1) is 20.9. The lowest BCUT2D eigenvalue weighted by atomic mass is 10.1. The van der Waals surface area contributed by atoms with Crippen molar-refractivity contribution in [3.63, 3.8) is 0 Å². The summed E-state index contributed by atoms with van der Waals surface area (Å²) in [5.74, 6) is -1.19. The van der Waals surface area contributed by atoms with Crippen molar-refractivity contribution in [2.24, 2.45) is 0 Å². The quantitative estimate of drug-likeness (QED) is 0.612. The van der Waals surface area contributed by atoms with Gasteiger partial charge in [0, 0.05) is 19.3 Å². The molecule has 0 fully saturated rings. The van der Waals surface area contributed by atoms with Crippen LogP contribution in [0.15, 0.2) is 41.4 Å². The first-order valence-corrected chi connectivity index (χ1v) is 8.67. The highest BCUT2D eigenvalue weighted by Crippen LogP contribution is 2.12. The molecule has 0 aromatic heterocycles. The predicted octanol–water partition coefficient (Wildman–Crippen LogP) is 2.60. The zero-order chi connectivity index (χ0) is 18.8. The molecule has 25 heavy (non-hydrogen) atoms. The van der Waals surface area contributed by atoms with Crippen LogP contribution in [0.1, 0.15) is 37.8 Å². The fourth-order valence-corrected chi connectivity index (χ4v) is 2.51. The number of ether oxygens (including phenoxy) is 1. The molecule has 7 heteroatoms. The molecule has 0 aliphatic carbocycles. The van der Waals surface area contributed by atoms with E-state index in [0.29, 0.717) is 4.48 Å². The molecule has 0 saturated carbocycles. The largest absolute Gasteiger partial charge is 0.467 e. The number of hydrogen-bond donors (Lipinski definition) is 2. The summed E-state index contributed by atoms with van der Waals surface area (Å²) in [6.45, 7) is 5.53. The Morgan fingerprint density at radius 1 is 1.12 bits per heavy atom. The Morgan fingerprint density at radius 2 is 1.68 bits per heavy atom. The SMILES string of the molecule is C=C(Br)C[C@@H](NC(=O)CCC(=O)N[C@H](C)c1ccccc1)C(=O)OC. The molecule has 0 radical (unpaired) electrons. The van der Waals surface area contributed by atoms with Crippen LogP contribution in [-0.4, -0.2) is 30.9 Å². The van der Waals surface area contributed by atoms with Crippen molar-refractivity contribution in [1.29, 1.82) is 0 Å². The number of esters is 1. The molecule has 136 valence electrons. The molecule has 6 nitrogen and oxygen atoms in total. The topological polar surface area (TPSA) is 84.5 Å². The van der Waals surface area contributed by atoms with Gasteiger partial charge < -0.3 is 15.4 Å². The first-order valence-electron chi connectivity index (χ1n) is 7.88. The van der Waals surface area contributed by atoms with Crippen LogP contribution in [-0.2, 0) is 19.1 Å². The maximum atomic E-state index is 12.0. The van der Waals surface area contributed by atoms with Crippen LogP contribution in [0.25, 0.3) is 0 Å². The lowest BCUT2D eigenvalue weighted by molar-refractivity contribution is -0.145. The van der Waals surface area contributed by atoms with Crippen LogP contribution < -0.4 is 10.6 Å². The van der Waals surface area contributed by atoms with Crippen molar-refractivity contribution >= 4 is 33.7 Å². The Bertz CT molecular complexity index is 619. The van der Waals surface area contributed by atoms with Gasteiger partial charge in [0.15, 0.2) is 0 Å². The van der Waals surface area contributed by atoms with Crippen LogP contribution in [0, 0.1) is 0 Å². The van der Waals surface area contributed by atoms with Crippen LogP contribution in [0.3, 0.4) is 0 Å². The Hall–Kier alpha value is -2.15. The molecular formula is C18H23BrN2O4. The summed E-state index contributed by atoms with van der Waals surface area (Å²) in [4.78, 5) is 35.6. The van der Waals surface area contributed by atoms with E-state index in [2.05, 4.69) is 37.9 Å². The highest BCUT2D eigenvalue weighted by molar-refractivity contribution is 9.11. The van der Waals surface area contributed by atoms with Crippen molar-refractivity contribution in [3.8, 4) is 0 Å². The molecule has 0 spiro atoms. The van der Waals surface area contributed by atoms with Crippen LogP contribution in [0.5, 0.6) is 0 Å². The minimum Gasteiger partial charge on any atom is -0.467 e. The third-order valence-corrected chi connectivity index (χ3v) is 3.83. The summed E-state index contributed by atoms with van der Waals surface area (Å²) in [6, 6.07) is 8.58. The second-order valence-electron chi connectivity index (χ2n) is 5.56. The van der Waals surface area contributed by atoms with Gasteiger partial charge in [0.25, 0.3) is 0 Å². The van der Waals surface area contributed by atoms with Gasteiger partial charge in [0.2, 0.25) is 11.8 Å². The maximum Gasteiger partial charge on any atom is 0.328 e. The Morgan fingerprint density at radius 3 is 2.20 bits per heavy atom. The summed E-state index contributed by atoms with van der Waals surface area (Å²) >= 11 is 3.16. The van der Waals surface area contributed by atoms with E-state index in [1.54, 1.807) is 0 Å². The smallest absolute Gasteiger partial charge is 0.328 e. The molecule has 0 aliphatic heterocycles. The zero-order valence-corrected chi connectivity index (χ0v) is 16.0. The minimum atomic E-state index is -0.823. The summed E-state index contributed by atoms with van der Waals surface area (Å²) in [6.07, 6.45) is 0.234. The van der Waals surface area contributed by atoms with Gasteiger partial charge in [-0.05, 0) is 17.0 Å². The molecule has 2 amide bonds. The van der Waals surface area contributed by atoms with Crippen molar-refractivity contribution < 1.29 is 19.1 Å². The third-order valence-electron chi connectivity index (χ3n) is 3.50. The van der Waals surface area contributed by atoms with Gasteiger partial charge in [-0.2, -0.15) is 0 Å². The van der Waals surface area contributed by atoms with E-state index in [-0.39, 0.29) is 31.2 Å². The molecule has 0 bridgehead atoms. The molecule has 1 aromatic carbocycles. The number of carbonyl (C=O) groups excluding carboxylic acids is 3. The van der Waals surface area contributed by atoms with E-state index in [1.807, 2.05) is 37.3 Å². The molecule has 0 heterocycles. The molecule has 1 rings (SSSR count). The average Bonchev–Trinajstić information content (AvgIpc) is 2.59. The Balaban J connectivity index is 2.45.